The van der Waals surface area contributed by atoms with Crippen molar-refractivity contribution in [1.29, 1.82) is 0 Å². The summed E-state index contributed by atoms with van der Waals surface area (Å²) in [6, 6.07) is 7.42. The minimum atomic E-state index is 0.0102. The van der Waals surface area contributed by atoms with Gasteiger partial charge in [0.15, 0.2) is 5.65 Å². The van der Waals surface area contributed by atoms with E-state index in [-0.39, 0.29) is 11.0 Å². The monoisotopic (exact) mass is 310 g/mol. The van der Waals surface area contributed by atoms with Crippen LogP contribution in [0.2, 0.25) is 0 Å². The number of hydrogen-bond donors (Lipinski definition) is 0. The maximum Gasteiger partial charge on any atom is 0.251 e. The van der Waals surface area contributed by atoms with Crippen LogP contribution in [0.3, 0.4) is 0 Å². The van der Waals surface area contributed by atoms with Gasteiger partial charge >= 0.3 is 0 Å². The Bertz CT molecular complexity index is 899. The van der Waals surface area contributed by atoms with Crippen LogP contribution < -0.4 is 5.56 Å². The normalized spacial score (nSPS) is 12.0. The molecular weight excluding hydrogens is 288 g/mol. The van der Waals surface area contributed by atoms with Crippen LogP contribution in [-0.4, -0.2) is 19.2 Å². The molecule has 0 radical (unpaired) electrons. The zero-order valence-corrected chi connectivity index (χ0v) is 14.1. The van der Waals surface area contributed by atoms with Crippen molar-refractivity contribution in [2.75, 3.05) is 0 Å². The second kappa shape index (κ2) is 5.65. The van der Waals surface area contributed by atoms with Crippen molar-refractivity contribution >= 4 is 5.65 Å². The lowest BCUT2D eigenvalue weighted by Crippen LogP contribution is -2.21. The standard InChI is InChI=1S/C18H22N4O/c1-13-12-19-16-6-5-15(20-22(13)16)14-7-9-21(17(23)11-14)10-8-18(2,3)4/h5-7,9,11-12H,8,10H2,1-4H3. The van der Waals surface area contributed by atoms with Crippen LogP contribution >= 0.6 is 0 Å². The van der Waals surface area contributed by atoms with Gasteiger partial charge in [-0.25, -0.2) is 9.50 Å². The highest BCUT2D eigenvalue weighted by atomic mass is 16.1. The number of nitrogens with zero attached hydrogens (tertiary/aromatic N) is 4. The van der Waals surface area contributed by atoms with Gasteiger partial charge in [0.25, 0.3) is 5.56 Å². The first kappa shape index (κ1) is 15.5. The number of hydrogen-bond acceptors (Lipinski definition) is 3. The Morgan fingerprint density at radius 1 is 1.17 bits per heavy atom. The molecule has 0 unspecified atom stereocenters. The van der Waals surface area contributed by atoms with E-state index in [1.165, 1.54) is 0 Å². The van der Waals surface area contributed by atoms with E-state index < -0.39 is 0 Å². The number of aryl methyl sites for hydroxylation is 2. The van der Waals surface area contributed by atoms with E-state index in [4.69, 9.17) is 0 Å². The van der Waals surface area contributed by atoms with Gasteiger partial charge in [-0.05, 0) is 37.0 Å². The summed E-state index contributed by atoms with van der Waals surface area (Å²) < 4.78 is 3.55. The van der Waals surface area contributed by atoms with Crippen molar-refractivity contribution in [1.82, 2.24) is 19.2 Å². The van der Waals surface area contributed by atoms with Crippen molar-refractivity contribution in [3.05, 3.63) is 52.7 Å². The van der Waals surface area contributed by atoms with Crippen LogP contribution in [-0.2, 0) is 6.54 Å². The average molecular weight is 310 g/mol. The second-order valence-electron chi connectivity index (χ2n) is 7.15. The van der Waals surface area contributed by atoms with Crippen molar-refractivity contribution in [2.45, 2.75) is 40.7 Å². The number of imidazole rings is 1. The van der Waals surface area contributed by atoms with Gasteiger partial charge in [0.2, 0.25) is 0 Å². The van der Waals surface area contributed by atoms with Crippen LogP contribution in [0.1, 0.15) is 32.9 Å². The zero-order chi connectivity index (χ0) is 16.6. The highest BCUT2D eigenvalue weighted by Crippen LogP contribution is 2.20. The molecule has 0 fully saturated rings. The molecule has 0 bridgehead atoms. The van der Waals surface area contributed by atoms with Crippen molar-refractivity contribution < 1.29 is 0 Å². The Kier molecular flexibility index (Phi) is 3.80. The fourth-order valence-electron chi connectivity index (χ4n) is 2.45. The minimum absolute atomic E-state index is 0.0102. The highest BCUT2D eigenvalue weighted by Gasteiger charge is 2.11. The first-order valence-corrected chi connectivity index (χ1v) is 7.86. The van der Waals surface area contributed by atoms with Gasteiger partial charge in [-0.1, -0.05) is 20.8 Å². The Balaban J connectivity index is 1.92. The molecule has 3 heterocycles. The minimum Gasteiger partial charge on any atom is -0.315 e. The molecule has 0 amide bonds. The molecule has 0 aliphatic carbocycles. The van der Waals surface area contributed by atoms with Gasteiger partial charge in [0.05, 0.1) is 17.6 Å². The van der Waals surface area contributed by atoms with Crippen LogP contribution in [0.15, 0.2) is 41.5 Å². The Hall–Kier alpha value is -2.43. The lowest BCUT2D eigenvalue weighted by Gasteiger charge is -2.18. The molecule has 3 aromatic rings. The molecular formula is C18H22N4O. The molecule has 0 saturated carbocycles. The first-order chi connectivity index (χ1) is 10.8. The number of fused-ring (bicyclic) bond motifs is 1. The molecule has 0 saturated heterocycles. The van der Waals surface area contributed by atoms with Crippen LogP contribution in [0.4, 0.5) is 0 Å². The number of aromatic nitrogens is 4. The molecule has 23 heavy (non-hydrogen) atoms. The summed E-state index contributed by atoms with van der Waals surface area (Å²) >= 11 is 0. The molecule has 0 aliphatic heterocycles. The first-order valence-electron chi connectivity index (χ1n) is 7.86. The lowest BCUT2D eigenvalue weighted by molar-refractivity contribution is 0.348. The van der Waals surface area contributed by atoms with Gasteiger partial charge in [0.1, 0.15) is 0 Å². The molecule has 5 heteroatoms. The molecule has 0 atom stereocenters. The van der Waals surface area contributed by atoms with Crippen molar-refractivity contribution in [3.63, 3.8) is 0 Å². The lowest BCUT2D eigenvalue weighted by atomic mass is 9.92. The van der Waals surface area contributed by atoms with E-state index in [9.17, 15) is 4.79 Å². The number of rotatable bonds is 3. The summed E-state index contributed by atoms with van der Waals surface area (Å²) in [4.78, 5) is 16.6. The second-order valence-corrected chi connectivity index (χ2v) is 7.15. The predicted molar refractivity (Wildman–Crippen MR) is 91.5 cm³/mol. The Morgan fingerprint density at radius 2 is 1.96 bits per heavy atom. The summed E-state index contributed by atoms with van der Waals surface area (Å²) in [6.45, 7) is 9.23. The maximum absolute atomic E-state index is 12.3. The predicted octanol–water partition coefficient (Wildman–Crippen LogP) is 3.30. The summed E-state index contributed by atoms with van der Waals surface area (Å²) in [5.74, 6) is 0. The third-order valence-electron chi connectivity index (χ3n) is 3.93. The van der Waals surface area contributed by atoms with Gasteiger partial charge in [-0.15, -0.1) is 0 Å². The third-order valence-corrected chi connectivity index (χ3v) is 3.93. The van der Waals surface area contributed by atoms with E-state index in [1.807, 2.05) is 31.3 Å². The fraction of sp³-hybridized carbons (Fsp3) is 0.389. The van der Waals surface area contributed by atoms with Crippen LogP contribution in [0.25, 0.3) is 16.9 Å². The van der Waals surface area contributed by atoms with Gasteiger partial charge in [0, 0.05) is 24.4 Å². The van der Waals surface area contributed by atoms with E-state index >= 15 is 0 Å². The third kappa shape index (κ3) is 3.33. The molecule has 3 aromatic heterocycles. The summed E-state index contributed by atoms with van der Waals surface area (Å²) in [5, 5.41) is 4.57. The largest absolute Gasteiger partial charge is 0.315 e. The fourth-order valence-corrected chi connectivity index (χ4v) is 2.45. The zero-order valence-electron chi connectivity index (χ0n) is 14.1. The quantitative estimate of drug-likeness (QED) is 0.746. The van der Waals surface area contributed by atoms with Gasteiger partial charge < -0.3 is 4.57 Å². The molecule has 120 valence electrons. The van der Waals surface area contributed by atoms with Crippen LogP contribution in [0, 0.1) is 12.3 Å². The molecule has 5 nitrogen and oxygen atoms in total. The molecule has 0 N–H and O–H groups in total. The topological polar surface area (TPSA) is 52.2 Å². The Morgan fingerprint density at radius 3 is 2.65 bits per heavy atom. The van der Waals surface area contributed by atoms with Crippen molar-refractivity contribution in [3.8, 4) is 11.3 Å². The summed E-state index contributed by atoms with van der Waals surface area (Å²) in [5.41, 5.74) is 3.61. The highest BCUT2D eigenvalue weighted by molar-refractivity contribution is 5.59. The van der Waals surface area contributed by atoms with E-state index in [1.54, 1.807) is 21.3 Å². The number of pyridine rings is 1. The SMILES string of the molecule is Cc1cnc2ccc(-c3ccn(CCC(C)(C)C)c(=O)c3)nn12. The van der Waals surface area contributed by atoms with Gasteiger partial charge in [-0.2, -0.15) is 5.10 Å². The maximum atomic E-state index is 12.3. The van der Waals surface area contributed by atoms with E-state index in [0.29, 0.717) is 0 Å². The van der Waals surface area contributed by atoms with Crippen molar-refractivity contribution in [2.24, 2.45) is 5.41 Å². The van der Waals surface area contributed by atoms with Crippen LogP contribution in [0.5, 0.6) is 0 Å². The Labute approximate surface area is 135 Å². The molecule has 3 rings (SSSR count). The molecule has 0 aliphatic rings. The molecule has 0 spiro atoms. The summed E-state index contributed by atoms with van der Waals surface area (Å²) in [6.07, 6.45) is 4.61. The smallest absolute Gasteiger partial charge is 0.251 e. The average Bonchev–Trinajstić information content (AvgIpc) is 2.86. The van der Waals surface area contributed by atoms with E-state index in [2.05, 4.69) is 30.9 Å². The summed E-state index contributed by atoms with van der Waals surface area (Å²) in [7, 11) is 0. The van der Waals surface area contributed by atoms with Gasteiger partial charge in [-0.3, -0.25) is 4.79 Å². The molecule has 0 aromatic carbocycles. The van der Waals surface area contributed by atoms with E-state index in [0.717, 1.165) is 35.6 Å².